The normalized spacial score (nSPS) is 13.6. The zero-order valence-electron chi connectivity index (χ0n) is 15.9. The quantitative estimate of drug-likeness (QED) is 0.324. The molecule has 1 aliphatic carbocycles. The molecule has 2 aromatic heterocycles. The molecule has 1 aliphatic rings. The molecule has 31 heavy (non-hydrogen) atoms. The lowest BCUT2D eigenvalue weighted by Gasteiger charge is -2.14. The van der Waals surface area contributed by atoms with E-state index in [-0.39, 0.29) is 10.7 Å². The van der Waals surface area contributed by atoms with Crippen LogP contribution in [0.5, 0.6) is 0 Å². The zero-order valence-corrected chi connectivity index (χ0v) is 18.2. The van der Waals surface area contributed by atoms with Crippen LogP contribution in [0, 0.1) is 0 Å². The van der Waals surface area contributed by atoms with Crippen molar-refractivity contribution in [1.29, 1.82) is 0 Å². The first-order valence-electron chi connectivity index (χ1n) is 9.51. The van der Waals surface area contributed by atoms with Gasteiger partial charge in [0.15, 0.2) is 5.82 Å². The van der Waals surface area contributed by atoms with Gasteiger partial charge in [-0.2, -0.15) is 13.2 Å². The van der Waals surface area contributed by atoms with E-state index in [2.05, 4.69) is 10.3 Å². The maximum absolute atomic E-state index is 13.3. The SMILES string of the molecule is FC(F)(F)c1cc(Nc2nc(-c3ccc(Cl)cc3)nc3sc4c(c23)CCC4)ccc1Cl. The smallest absolute Gasteiger partial charge is 0.340 e. The third-order valence-corrected chi connectivity index (χ3v) is 6.97. The Kier molecular flexibility index (Phi) is 5.07. The number of rotatable bonds is 3. The number of halogens is 5. The van der Waals surface area contributed by atoms with E-state index in [9.17, 15) is 13.2 Å². The number of hydrogen-bond donors (Lipinski definition) is 1. The molecule has 0 amide bonds. The van der Waals surface area contributed by atoms with Crippen LogP contribution < -0.4 is 5.32 Å². The maximum Gasteiger partial charge on any atom is 0.417 e. The second-order valence-electron chi connectivity index (χ2n) is 7.26. The largest absolute Gasteiger partial charge is 0.417 e. The van der Waals surface area contributed by atoms with E-state index in [0.29, 0.717) is 16.7 Å². The van der Waals surface area contributed by atoms with Gasteiger partial charge >= 0.3 is 6.18 Å². The summed E-state index contributed by atoms with van der Waals surface area (Å²) in [6.07, 6.45) is -1.62. The average molecular weight is 480 g/mol. The summed E-state index contributed by atoms with van der Waals surface area (Å²) in [6.45, 7) is 0. The Labute approximate surface area is 189 Å². The number of benzene rings is 2. The lowest BCUT2D eigenvalue weighted by Crippen LogP contribution is -2.07. The number of nitrogens with one attached hydrogen (secondary N) is 1. The first-order chi connectivity index (χ1) is 14.8. The molecule has 0 saturated carbocycles. The minimum atomic E-state index is -4.55. The van der Waals surface area contributed by atoms with E-state index in [1.54, 1.807) is 23.5 Å². The van der Waals surface area contributed by atoms with Crippen LogP contribution in [0.2, 0.25) is 10.0 Å². The molecule has 9 heteroatoms. The van der Waals surface area contributed by atoms with Crippen LogP contribution in [0.3, 0.4) is 0 Å². The third-order valence-electron chi connectivity index (χ3n) is 5.20. The van der Waals surface area contributed by atoms with E-state index in [1.165, 1.54) is 22.6 Å². The maximum atomic E-state index is 13.3. The molecular weight excluding hydrogens is 466 g/mol. The number of aromatic nitrogens is 2. The fraction of sp³-hybridized carbons (Fsp3) is 0.182. The predicted octanol–water partition coefficient (Wildman–Crippen LogP) is 7.92. The Bertz CT molecular complexity index is 1300. The molecule has 158 valence electrons. The van der Waals surface area contributed by atoms with Gasteiger partial charge in [0.2, 0.25) is 0 Å². The highest BCUT2D eigenvalue weighted by Gasteiger charge is 2.33. The van der Waals surface area contributed by atoms with Gasteiger partial charge in [0, 0.05) is 21.2 Å². The van der Waals surface area contributed by atoms with Crippen LogP contribution >= 0.6 is 34.5 Å². The van der Waals surface area contributed by atoms with E-state index in [1.807, 2.05) is 12.1 Å². The Balaban J connectivity index is 1.66. The molecule has 0 unspecified atom stereocenters. The molecule has 0 spiro atoms. The van der Waals surface area contributed by atoms with E-state index < -0.39 is 11.7 Å². The van der Waals surface area contributed by atoms with Crippen molar-refractivity contribution in [2.45, 2.75) is 25.4 Å². The molecule has 5 rings (SSSR count). The van der Waals surface area contributed by atoms with Crippen molar-refractivity contribution in [1.82, 2.24) is 9.97 Å². The first-order valence-corrected chi connectivity index (χ1v) is 11.1. The Morgan fingerprint density at radius 2 is 1.74 bits per heavy atom. The predicted molar refractivity (Wildman–Crippen MR) is 120 cm³/mol. The molecule has 0 saturated heterocycles. The summed E-state index contributed by atoms with van der Waals surface area (Å²) in [5, 5.41) is 4.22. The van der Waals surface area contributed by atoms with E-state index in [0.717, 1.165) is 41.1 Å². The van der Waals surface area contributed by atoms with Crippen molar-refractivity contribution in [2.75, 3.05) is 5.32 Å². The van der Waals surface area contributed by atoms with Crippen molar-refractivity contribution >= 4 is 56.3 Å². The highest BCUT2D eigenvalue weighted by Crippen LogP contribution is 2.42. The summed E-state index contributed by atoms with van der Waals surface area (Å²) < 4.78 is 40.0. The third kappa shape index (κ3) is 3.86. The number of nitrogens with zero attached hydrogens (tertiary/aromatic N) is 2. The second kappa shape index (κ2) is 7.65. The number of aryl methyl sites for hydroxylation is 2. The molecular formula is C22H14Cl2F3N3S. The number of alkyl halides is 3. The first kappa shape index (κ1) is 20.5. The van der Waals surface area contributed by atoms with Gasteiger partial charge in [-0.05, 0) is 67.3 Å². The molecule has 3 nitrogen and oxygen atoms in total. The van der Waals surface area contributed by atoms with Gasteiger partial charge in [0.25, 0.3) is 0 Å². The fourth-order valence-electron chi connectivity index (χ4n) is 3.77. The molecule has 0 bridgehead atoms. The molecule has 1 N–H and O–H groups in total. The van der Waals surface area contributed by atoms with Gasteiger partial charge in [0.05, 0.1) is 16.0 Å². The van der Waals surface area contributed by atoms with Crippen molar-refractivity contribution < 1.29 is 13.2 Å². The topological polar surface area (TPSA) is 37.8 Å². The van der Waals surface area contributed by atoms with E-state index in [4.69, 9.17) is 28.2 Å². The van der Waals surface area contributed by atoms with Crippen molar-refractivity contribution in [3.8, 4) is 11.4 Å². The highest BCUT2D eigenvalue weighted by molar-refractivity contribution is 7.19. The zero-order chi connectivity index (χ0) is 21.8. The molecule has 0 atom stereocenters. The van der Waals surface area contributed by atoms with Gasteiger partial charge in [-0.1, -0.05) is 23.2 Å². The summed E-state index contributed by atoms with van der Waals surface area (Å²) in [5.41, 5.74) is 1.32. The Morgan fingerprint density at radius 1 is 0.968 bits per heavy atom. The van der Waals surface area contributed by atoms with E-state index >= 15 is 0 Å². The number of hydrogen-bond acceptors (Lipinski definition) is 4. The van der Waals surface area contributed by atoms with Gasteiger partial charge in [-0.25, -0.2) is 9.97 Å². The van der Waals surface area contributed by atoms with Crippen molar-refractivity contribution in [2.24, 2.45) is 0 Å². The molecule has 4 aromatic rings. The fourth-order valence-corrected chi connectivity index (χ4v) is 5.38. The highest BCUT2D eigenvalue weighted by atomic mass is 35.5. The summed E-state index contributed by atoms with van der Waals surface area (Å²) in [5.74, 6) is 0.974. The van der Waals surface area contributed by atoms with Crippen LogP contribution in [0.15, 0.2) is 42.5 Å². The van der Waals surface area contributed by atoms with Gasteiger partial charge in [-0.15, -0.1) is 11.3 Å². The van der Waals surface area contributed by atoms with Crippen LogP contribution in [-0.2, 0) is 19.0 Å². The molecule has 0 radical (unpaired) electrons. The standard InChI is InChI=1S/C22H14Cl2F3N3S/c23-12-6-4-11(5-7-12)19-29-20(18-14-2-1-3-17(14)31-21(18)30-19)28-13-8-9-16(24)15(10-13)22(25,26)27/h4-10H,1-3H2,(H,28,29,30). The summed E-state index contributed by atoms with van der Waals surface area (Å²) in [4.78, 5) is 11.5. The monoisotopic (exact) mass is 479 g/mol. The lowest BCUT2D eigenvalue weighted by molar-refractivity contribution is -0.137. The Hall–Kier alpha value is -2.35. The Morgan fingerprint density at radius 3 is 2.48 bits per heavy atom. The van der Waals surface area contributed by atoms with Crippen LogP contribution in [0.4, 0.5) is 24.7 Å². The molecule has 2 heterocycles. The van der Waals surface area contributed by atoms with Gasteiger partial charge < -0.3 is 5.32 Å². The van der Waals surface area contributed by atoms with Crippen LogP contribution in [0.25, 0.3) is 21.6 Å². The average Bonchev–Trinajstić information content (AvgIpc) is 3.30. The van der Waals surface area contributed by atoms with Gasteiger partial charge in [0.1, 0.15) is 10.6 Å². The summed E-state index contributed by atoms with van der Waals surface area (Å²) in [7, 11) is 0. The van der Waals surface area contributed by atoms with Crippen LogP contribution in [0.1, 0.15) is 22.4 Å². The minimum Gasteiger partial charge on any atom is -0.340 e. The molecule has 0 aliphatic heterocycles. The summed E-state index contributed by atoms with van der Waals surface area (Å²) in [6, 6.07) is 10.9. The number of thiophene rings is 1. The number of fused-ring (bicyclic) bond motifs is 3. The summed E-state index contributed by atoms with van der Waals surface area (Å²) >= 11 is 13.4. The van der Waals surface area contributed by atoms with Gasteiger partial charge in [-0.3, -0.25) is 0 Å². The molecule has 2 aromatic carbocycles. The van der Waals surface area contributed by atoms with Crippen molar-refractivity contribution in [3.05, 3.63) is 68.5 Å². The molecule has 0 fully saturated rings. The minimum absolute atomic E-state index is 0.261. The lowest BCUT2D eigenvalue weighted by atomic mass is 10.1. The van der Waals surface area contributed by atoms with Crippen molar-refractivity contribution in [3.63, 3.8) is 0 Å². The number of anilines is 2. The second-order valence-corrected chi connectivity index (χ2v) is 9.18. The van der Waals surface area contributed by atoms with Crippen LogP contribution in [-0.4, -0.2) is 9.97 Å².